The fourth-order valence-electron chi connectivity index (χ4n) is 2.79. The standard InChI is InChI=1S/C14H27NO3/c1-3-11(4-2)12(16)10-15-13(17)9-14(18)7-5-6-8-14/h11-12,16,18H,3-10H2,1-2H3,(H,15,17)/t12-/m0/s1. The van der Waals surface area contributed by atoms with Crippen molar-refractivity contribution < 1.29 is 15.0 Å². The van der Waals surface area contributed by atoms with Crippen molar-refractivity contribution in [3.63, 3.8) is 0 Å². The van der Waals surface area contributed by atoms with Gasteiger partial charge in [0, 0.05) is 6.54 Å². The summed E-state index contributed by atoms with van der Waals surface area (Å²) in [6, 6.07) is 0. The first-order valence-corrected chi connectivity index (χ1v) is 7.18. The van der Waals surface area contributed by atoms with Crippen LogP contribution in [0.1, 0.15) is 58.8 Å². The molecule has 1 amide bonds. The average molecular weight is 257 g/mol. The molecule has 1 aliphatic rings. The van der Waals surface area contributed by atoms with Crippen LogP contribution in [0.4, 0.5) is 0 Å². The van der Waals surface area contributed by atoms with Crippen molar-refractivity contribution in [3.8, 4) is 0 Å². The van der Waals surface area contributed by atoms with E-state index in [9.17, 15) is 15.0 Å². The van der Waals surface area contributed by atoms with Gasteiger partial charge in [-0.2, -0.15) is 0 Å². The molecule has 18 heavy (non-hydrogen) atoms. The van der Waals surface area contributed by atoms with Gasteiger partial charge in [0.15, 0.2) is 0 Å². The Morgan fingerprint density at radius 2 is 1.83 bits per heavy atom. The van der Waals surface area contributed by atoms with E-state index in [1.807, 2.05) is 13.8 Å². The third-order valence-electron chi connectivity index (χ3n) is 4.13. The second-order valence-corrected chi connectivity index (χ2v) is 5.56. The van der Waals surface area contributed by atoms with Crippen molar-refractivity contribution >= 4 is 5.91 Å². The molecule has 4 nitrogen and oxygen atoms in total. The maximum Gasteiger partial charge on any atom is 0.222 e. The van der Waals surface area contributed by atoms with Crippen LogP contribution in [-0.2, 0) is 4.79 Å². The van der Waals surface area contributed by atoms with Crippen molar-refractivity contribution in [2.75, 3.05) is 6.54 Å². The highest BCUT2D eigenvalue weighted by atomic mass is 16.3. The number of amides is 1. The molecule has 3 N–H and O–H groups in total. The Morgan fingerprint density at radius 3 is 2.33 bits per heavy atom. The number of hydrogen-bond donors (Lipinski definition) is 3. The Hall–Kier alpha value is -0.610. The van der Waals surface area contributed by atoms with Crippen LogP contribution in [-0.4, -0.2) is 34.4 Å². The van der Waals surface area contributed by atoms with E-state index in [1.165, 1.54) is 0 Å². The van der Waals surface area contributed by atoms with E-state index in [2.05, 4.69) is 5.32 Å². The smallest absolute Gasteiger partial charge is 0.222 e. The summed E-state index contributed by atoms with van der Waals surface area (Å²) >= 11 is 0. The highest BCUT2D eigenvalue weighted by Crippen LogP contribution is 2.32. The zero-order chi connectivity index (χ0) is 13.6. The van der Waals surface area contributed by atoms with Crippen LogP contribution in [0.25, 0.3) is 0 Å². The van der Waals surface area contributed by atoms with E-state index < -0.39 is 11.7 Å². The maximum absolute atomic E-state index is 11.7. The first-order valence-electron chi connectivity index (χ1n) is 7.18. The lowest BCUT2D eigenvalue weighted by Crippen LogP contribution is -2.40. The number of carbonyl (C=O) groups excluding carboxylic acids is 1. The van der Waals surface area contributed by atoms with E-state index in [-0.39, 0.29) is 18.2 Å². The van der Waals surface area contributed by atoms with Crippen LogP contribution in [0.15, 0.2) is 0 Å². The van der Waals surface area contributed by atoms with Gasteiger partial charge in [-0.25, -0.2) is 0 Å². The summed E-state index contributed by atoms with van der Waals surface area (Å²) in [7, 11) is 0. The minimum absolute atomic E-state index is 0.149. The second kappa shape index (κ2) is 7.10. The van der Waals surface area contributed by atoms with Gasteiger partial charge in [0.1, 0.15) is 0 Å². The molecule has 0 spiro atoms. The molecule has 0 heterocycles. The summed E-state index contributed by atoms with van der Waals surface area (Å²) in [4.78, 5) is 11.7. The van der Waals surface area contributed by atoms with Crippen LogP contribution >= 0.6 is 0 Å². The lowest BCUT2D eigenvalue weighted by Gasteiger charge is -2.23. The molecular weight excluding hydrogens is 230 g/mol. The molecule has 0 saturated heterocycles. The Balaban J connectivity index is 2.28. The van der Waals surface area contributed by atoms with Gasteiger partial charge in [0.25, 0.3) is 0 Å². The van der Waals surface area contributed by atoms with Gasteiger partial charge in [-0.1, -0.05) is 39.5 Å². The fraction of sp³-hybridized carbons (Fsp3) is 0.929. The van der Waals surface area contributed by atoms with Gasteiger partial charge in [-0.3, -0.25) is 4.79 Å². The summed E-state index contributed by atoms with van der Waals surface area (Å²) in [5.41, 5.74) is -0.802. The fourth-order valence-corrected chi connectivity index (χ4v) is 2.79. The van der Waals surface area contributed by atoms with Crippen LogP contribution in [0.3, 0.4) is 0 Å². The predicted octanol–water partition coefficient (Wildman–Crippen LogP) is 1.59. The molecule has 0 aromatic heterocycles. The minimum atomic E-state index is -0.802. The van der Waals surface area contributed by atoms with E-state index in [4.69, 9.17) is 0 Å². The minimum Gasteiger partial charge on any atom is -0.391 e. The molecule has 0 bridgehead atoms. The Kier molecular flexibility index (Phi) is 6.09. The summed E-state index contributed by atoms with van der Waals surface area (Å²) in [6.07, 6.45) is 4.95. The first kappa shape index (κ1) is 15.4. The molecule has 0 radical (unpaired) electrons. The number of aliphatic hydroxyl groups excluding tert-OH is 1. The number of hydrogen-bond acceptors (Lipinski definition) is 3. The Bertz CT molecular complexity index is 258. The van der Waals surface area contributed by atoms with Gasteiger partial charge in [0.05, 0.1) is 18.1 Å². The van der Waals surface area contributed by atoms with Crippen LogP contribution in [0.2, 0.25) is 0 Å². The molecule has 1 aliphatic carbocycles. The molecule has 0 aromatic rings. The van der Waals surface area contributed by atoms with E-state index in [1.54, 1.807) is 0 Å². The van der Waals surface area contributed by atoms with Crippen molar-refractivity contribution in [2.24, 2.45) is 5.92 Å². The van der Waals surface area contributed by atoms with Crippen molar-refractivity contribution in [1.29, 1.82) is 0 Å². The van der Waals surface area contributed by atoms with Crippen molar-refractivity contribution in [2.45, 2.75) is 70.5 Å². The molecular formula is C14H27NO3. The number of rotatable bonds is 7. The average Bonchev–Trinajstić information content (AvgIpc) is 2.74. The van der Waals surface area contributed by atoms with Crippen molar-refractivity contribution in [3.05, 3.63) is 0 Å². The molecule has 1 saturated carbocycles. The molecule has 4 heteroatoms. The van der Waals surface area contributed by atoms with Crippen LogP contribution < -0.4 is 5.32 Å². The zero-order valence-corrected chi connectivity index (χ0v) is 11.6. The quantitative estimate of drug-likeness (QED) is 0.649. The molecule has 0 aromatic carbocycles. The lowest BCUT2D eigenvalue weighted by molar-refractivity contribution is -0.126. The monoisotopic (exact) mass is 257 g/mol. The summed E-state index contributed by atoms with van der Waals surface area (Å²) in [5.74, 6) is 0.0873. The van der Waals surface area contributed by atoms with Gasteiger partial charge in [-0.05, 0) is 18.8 Å². The molecule has 1 rings (SSSR count). The van der Waals surface area contributed by atoms with Gasteiger partial charge in [-0.15, -0.1) is 0 Å². The van der Waals surface area contributed by atoms with Gasteiger partial charge < -0.3 is 15.5 Å². The Morgan fingerprint density at radius 1 is 1.28 bits per heavy atom. The predicted molar refractivity (Wildman–Crippen MR) is 71.1 cm³/mol. The SMILES string of the molecule is CCC(CC)[C@@H](O)CNC(=O)CC1(O)CCCC1. The van der Waals surface area contributed by atoms with Crippen LogP contribution in [0, 0.1) is 5.92 Å². The number of aliphatic hydroxyl groups is 2. The summed E-state index contributed by atoms with van der Waals surface area (Å²) in [6.45, 7) is 4.38. The number of carbonyl (C=O) groups is 1. The topological polar surface area (TPSA) is 69.6 Å². The van der Waals surface area contributed by atoms with Gasteiger partial charge in [0.2, 0.25) is 5.91 Å². The highest BCUT2D eigenvalue weighted by Gasteiger charge is 2.33. The van der Waals surface area contributed by atoms with E-state index in [0.717, 1.165) is 38.5 Å². The second-order valence-electron chi connectivity index (χ2n) is 5.56. The van der Waals surface area contributed by atoms with E-state index in [0.29, 0.717) is 6.54 Å². The highest BCUT2D eigenvalue weighted by molar-refractivity contribution is 5.77. The Labute approximate surface area is 110 Å². The van der Waals surface area contributed by atoms with Crippen molar-refractivity contribution in [1.82, 2.24) is 5.32 Å². The maximum atomic E-state index is 11.7. The first-order chi connectivity index (χ1) is 8.50. The molecule has 106 valence electrons. The zero-order valence-electron chi connectivity index (χ0n) is 11.6. The third-order valence-corrected chi connectivity index (χ3v) is 4.13. The summed E-state index contributed by atoms with van der Waals surface area (Å²) in [5, 5.41) is 22.7. The molecule has 1 atom stereocenters. The third kappa shape index (κ3) is 4.58. The van der Waals surface area contributed by atoms with E-state index >= 15 is 0 Å². The molecule has 0 unspecified atom stereocenters. The number of nitrogens with one attached hydrogen (secondary N) is 1. The molecule has 1 fully saturated rings. The summed E-state index contributed by atoms with van der Waals surface area (Å²) < 4.78 is 0. The normalized spacial score (nSPS) is 20.1. The lowest BCUT2D eigenvalue weighted by atomic mass is 9.95. The molecule has 0 aliphatic heterocycles. The van der Waals surface area contributed by atoms with Crippen LogP contribution in [0.5, 0.6) is 0 Å². The largest absolute Gasteiger partial charge is 0.391 e. The van der Waals surface area contributed by atoms with Gasteiger partial charge >= 0.3 is 0 Å².